The molecule has 0 aliphatic carbocycles. The van der Waals surface area contributed by atoms with Gasteiger partial charge in [-0.15, -0.1) is 0 Å². The standard InChI is InChI=1S/C17H33N3O2S/c1-14(2)11-15(12-19(3)4)18-16(21)20-7-10-23-17(13-20)5-8-22-9-6-17/h14-15H,5-13H2,1-4H3,(H,18,21). The maximum absolute atomic E-state index is 12.8. The molecule has 2 aliphatic rings. The summed E-state index contributed by atoms with van der Waals surface area (Å²) in [6.45, 7) is 8.70. The topological polar surface area (TPSA) is 44.8 Å². The van der Waals surface area contributed by atoms with Crippen LogP contribution in [0.5, 0.6) is 0 Å². The first-order valence-electron chi connectivity index (χ1n) is 8.82. The van der Waals surface area contributed by atoms with Gasteiger partial charge in [-0.3, -0.25) is 0 Å². The molecule has 0 radical (unpaired) electrons. The van der Waals surface area contributed by atoms with Crippen molar-refractivity contribution in [1.82, 2.24) is 15.1 Å². The van der Waals surface area contributed by atoms with Gasteiger partial charge in [0, 0.05) is 49.4 Å². The van der Waals surface area contributed by atoms with E-state index in [2.05, 4.69) is 38.2 Å². The predicted octanol–water partition coefficient (Wildman–Crippen LogP) is 2.27. The number of likely N-dealkylation sites (N-methyl/N-ethyl adjacent to an activating group) is 1. The summed E-state index contributed by atoms with van der Waals surface area (Å²) in [7, 11) is 4.13. The summed E-state index contributed by atoms with van der Waals surface area (Å²) in [5.74, 6) is 1.62. The van der Waals surface area contributed by atoms with Crippen LogP contribution in [-0.4, -0.2) is 79.3 Å². The van der Waals surface area contributed by atoms with E-state index in [4.69, 9.17) is 4.74 Å². The van der Waals surface area contributed by atoms with E-state index in [-0.39, 0.29) is 16.8 Å². The zero-order valence-electron chi connectivity index (χ0n) is 15.1. The Bertz CT molecular complexity index is 369. The molecule has 1 spiro atoms. The first-order chi connectivity index (χ1) is 10.9. The van der Waals surface area contributed by atoms with Gasteiger partial charge < -0.3 is 19.9 Å². The highest BCUT2D eigenvalue weighted by atomic mass is 32.2. The molecule has 6 heteroatoms. The minimum absolute atomic E-state index is 0.115. The summed E-state index contributed by atoms with van der Waals surface area (Å²) < 4.78 is 5.73. The van der Waals surface area contributed by atoms with E-state index in [0.717, 1.165) is 57.9 Å². The van der Waals surface area contributed by atoms with Gasteiger partial charge in [-0.2, -0.15) is 11.8 Å². The molecule has 2 aliphatic heterocycles. The van der Waals surface area contributed by atoms with Crippen LogP contribution in [0.1, 0.15) is 33.1 Å². The fourth-order valence-corrected chi connectivity index (χ4v) is 4.97. The highest BCUT2D eigenvalue weighted by Crippen LogP contribution is 2.39. The minimum atomic E-state index is 0.115. The summed E-state index contributed by atoms with van der Waals surface area (Å²) in [6.07, 6.45) is 3.15. The van der Waals surface area contributed by atoms with Gasteiger partial charge in [-0.1, -0.05) is 13.8 Å². The molecule has 134 valence electrons. The number of amides is 2. The number of rotatable bonds is 5. The summed E-state index contributed by atoms with van der Waals surface area (Å²) >= 11 is 2.04. The van der Waals surface area contributed by atoms with Crippen LogP contribution in [0.25, 0.3) is 0 Å². The van der Waals surface area contributed by atoms with Crippen LogP contribution in [-0.2, 0) is 4.74 Å². The second-order valence-corrected chi connectivity index (χ2v) is 9.17. The van der Waals surface area contributed by atoms with Gasteiger partial charge in [0.1, 0.15) is 0 Å². The number of ether oxygens (including phenoxy) is 1. The van der Waals surface area contributed by atoms with E-state index in [0.29, 0.717) is 5.92 Å². The maximum Gasteiger partial charge on any atom is 0.317 e. The highest BCUT2D eigenvalue weighted by molar-refractivity contribution is 8.00. The average Bonchev–Trinajstić information content (AvgIpc) is 2.46. The lowest BCUT2D eigenvalue weighted by molar-refractivity contribution is 0.0666. The van der Waals surface area contributed by atoms with Crippen molar-refractivity contribution in [3.8, 4) is 0 Å². The Kier molecular flexibility index (Phi) is 7.04. The van der Waals surface area contributed by atoms with Gasteiger partial charge in [-0.25, -0.2) is 4.79 Å². The van der Waals surface area contributed by atoms with E-state index < -0.39 is 0 Å². The van der Waals surface area contributed by atoms with Crippen LogP contribution in [0.4, 0.5) is 4.79 Å². The SMILES string of the molecule is CC(C)CC(CN(C)C)NC(=O)N1CCSC2(CCOCC2)C1. The van der Waals surface area contributed by atoms with Crippen LogP contribution in [0.2, 0.25) is 0 Å². The number of hydrogen-bond acceptors (Lipinski definition) is 4. The number of nitrogens with one attached hydrogen (secondary N) is 1. The Balaban J connectivity index is 1.92. The molecule has 2 rings (SSSR count). The molecule has 1 N–H and O–H groups in total. The van der Waals surface area contributed by atoms with Crippen molar-refractivity contribution in [1.29, 1.82) is 0 Å². The van der Waals surface area contributed by atoms with Crippen molar-refractivity contribution in [3.05, 3.63) is 0 Å². The first kappa shape index (κ1) is 18.9. The van der Waals surface area contributed by atoms with Gasteiger partial charge in [0.05, 0.1) is 0 Å². The molecule has 2 heterocycles. The monoisotopic (exact) mass is 343 g/mol. The summed E-state index contributed by atoms with van der Waals surface area (Å²) in [4.78, 5) is 16.9. The fraction of sp³-hybridized carbons (Fsp3) is 0.941. The maximum atomic E-state index is 12.8. The van der Waals surface area contributed by atoms with Crippen LogP contribution in [0.3, 0.4) is 0 Å². The fourth-order valence-electron chi connectivity index (χ4n) is 3.52. The molecule has 2 fully saturated rings. The normalized spacial score (nSPS) is 22.6. The van der Waals surface area contributed by atoms with Crippen molar-refractivity contribution < 1.29 is 9.53 Å². The van der Waals surface area contributed by atoms with Crippen LogP contribution >= 0.6 is 11.8 Å². The summed E-state index contributed by atoms with van der Waals surface area (Å²) in [5.41, 5.74) is 0. The van der Waals surface area contributed by atoms with E-state index in [1.807, 2.05) is 16.7 Å². The quantitative estimate of drug-likeness (QED) is 0.832. The molecule has 0 saturated carbocycles. The molecule has 1 unspecified atom stereocenters. The van der Waals surface area contributed by atoms with Crippen LogP contribution in [0.15, 0.2) is 0 Å². The smallest absolute Gasteiger partial charge is 0.317 e. The van der Waals surface area contributed by atoms with Crippen molar-refractivity contribution in [2.75, 3.05) is 52.7 Å². The van der Waals surface area contributed by atoms with Gasteiger partial charge >= 0.3 is 6.03 Å². The van der Waals surface area contributed by atoms with E-state index in [1.165, 1.54) is 0 Å². The number of urea groups is 1. The van der Waals surface area contributed by atoms with E-state index in [1.54, 1.807) is 0 Å². The lowest BCUT2D eigenvalue weighted by Crippen LogP contribution is -2.56. The second kappa shape index (κ2) is 8.58. The molecule has 23 heavy (non-hydrogen) atoms. The molecule has 2 saturated heterocycles. The third-order valence-corrected chi connectivity index (χ3v) is 6.15. The molecular weight excluding hydrogens is 310 g/mol. The summed E-state index contributed by atoms with van der Waals surface area (Å²) in [5, 5.41) is 3.28. The number of carbonyl (C=O) groups excluding carboxylic acids is 1. The van der Waals surface area contributed by atoms with Crippen LogP contribution in [0, 0.1) is 5.92 Å². The second-order valence-electron chi connectivity index (χ2n) is 7.60. The summed E-state index contributed by atoms with van der Waals surface area (Å²) in [6, 6.07) is 0.335. The Morgan fingerprint density at radius 3 is 2.65 bits per heavy atom. The third-order valence-electron chi connectivity index (χ3n) is 4.61. The van der Waals surface area contributed by atoms with Gasteiger partial charge in [0.2, 0.25) is 0 Å². The molecule has 2 amide bonds. The van der Waals surface area contributed by atoms with Crippen molar-refractivity contribution in [3.63, 3.8) is 0 Å². The highest BCUT2D eigenvalue weighted by Gasteiger charge is 2.39. The molecule has 0 aromatic carbocycles. The zero-order chi connectivity index (χ0) is 16.9. The number of nitrogens with zero attached hydrogens (tertiary/aromatic N) is 2. The molecule has 0 bridgehead atoms. The van der Waals surface area contributed by atoms with Gasteiger partial charge in [0.25, 0.3) is 0 Å². The Labute approximate surface area is 145 Å². The van der Waals surface area contributed by atoms with Crippen molar-refractivity contribution in [2.45, 2.75) is 43.9 Å². The number of hydrogen-bond donors (Lipinski definition) is 1. The molecular formula is C17H33N3O2S. The first-order valence-corrected chi connectivity index (χ1v) is 9.81. The van der Waals surface area contributed by atoms with Gasteiger partial charge in [-0.05, 0) is 39.3 Å². The Morgan fingerprint density at radius 1 is 1.35 bits per heavy atom. The predicted molar refractivity (Wildman–Crippen MR) is 97.1 cm³/mol. The lowest BCUT2D eigenvalue weighted by Gasteiger charge is -2.44. The van der Waals surface area contributed by atoms with Crippen molar-refractivity contribution >= 4 is 17.8 Å². The third kappa shape index (κ3) is 5.84. The molecule has 0 aromatic rings. The zero-order valence-corrected chi connectivity index (χ0v) is 16.0. The van der Waals surface area contributed by atoms with E-state index in [9.17, 15) is 4.79 Å². The average molecular weight is 344 g/mol. The minimum Gasteiger partial charge on any atom is -0.381 e. The van der Waals surface area contributed by atoms with Gasteiger partial charge in [0.15, 0.2) is 0 Å². The number of carbonyl (C=O) groups is 1. The Morgan fingerprint density at radius 2 is 2.04 bits per heavy atom. The van der Waals surface area contributed by atoms with E-state index >= 15 is 0 Å². The Hall–Kier alpha value is -0.460. The number of thioether (sulfide) groups is 1. The molecule has 1 atom stereocenters. The largest absolute Gasteiger partial charge is 0.381 e. The lowest BCUT2D eigenvalue weighted by atomic mass is 9.98. The van der Waals surface area contributed by atoms with Crippen LogP contribution < -0.4 is 5.32 Å². The molecule has 5 nitrogen and oxygen atoms in total. The molecule has 0 aromatic heterocycles. The van der Waals surface area contributed by atoms with Crippen molar-refractivity contribution in [2.24, 2.45) is 5.92 Å².